The molecule has 3 aliphatic rings. The van der Waals surface area contributed by atoms with Crippen LogP contribution in [0.4, 0.5) is 0 Å². The molecule has 0 aliphatic heterocycles. The first-order valence-corrected chi connectivity index (χ1v) is 15.5. The van der Waals surface area contributed by atoms with Gasteiger partial charge in [0.25, 0.3) is 0 Å². The van der Waals surface area contributed by atoms with Crippen LogP contribution in [-0.2, 0) is 5.11 Å². The first kappa shape index (κ1) is 26.6. The molecule has 0 aromatic carbocycles. The van der Waals surface area contributed by atoms with Gasteiger partial charge in [-0.1, -0.05) is 135 Å². The lowest BCUT2D eigenvalue weighted by Gasteiger charge is -2.47. The van der Waals surface area contributed by atoms with E-state index in [1.807, 2.05) is 0 Å². The average Bonchev–Trinajstić information content (AvgIpc) is 2.83. The van der Waals surface area contributed by atoms with Gasteiger partial charge >= 0.3 is 0 Å². The van der Waals surface area contributed by atoms with E-state index in [0.717, 1.165) is 0 Å². The molecule has 3 fully saturated rings. The fourth-order valence-electron chi connectivity index (χ4n) is 7.78. The standard InChI is InChI=1S/C31H57O/c32-31(28-22-16-10-4-1-5-11-17-23-28,29-24-18-12-6-2-7-13-19-25-29)30-26-20-14-8-3-9-15-21-27-30/h28-30H,1-27H2. The maximum Gasteiger partial charge on any atom is 0.112 e. The summed E-state index contributed by atoms with van der Waals surface area (Å²) < 4.78 is 0. The lowest BCUT2D eigenvalue weighted by atomic mass is 9.61. The molecule has 0 saturated heterocycles. The Balaban J connectivity index is 1.83. The summed E-state index contributed by atoms with van der Waals surface area (Å²) >= 11 is 0. The Hall–Kier alpha value is -0.0400. The zero-order chi connectivity index (χ0) is 22.3. The lowest BCUT2D eigenvalue weighted by molar-refractivity contribution is -0.176. The summed E-state index contributed by atoms with van der Waals surface area (Å²) in [6.07, 6.45) is 36.4. The number of hydrogen-bond donors (Lipinski definition) is 0. The van der Waals surface area contributed by atoms with E-state index < -0.39 is 5.60 Å². The fraction of sp³-hybridized carbons (Fsp3) is 1.00. The molecule has 3 rings (SSSR count). The molecular weight excluding hydrogens is 388 g/mol. The summed E-state index contributed by atoms with van der Waals surface area (Å²) in [4.78, 5) is 0. The van der Waals surface area contributed by atoms with E-state index in [9.17, 15) is 0 Å². The molecule has 0 atom stereocenters. The van der Waals surface area contributed by atoms with Crippen LogP contribution in [-0.4, -0.2) is 5.60 Å². The van der Waals surface area contributed by atoms with Crippen LogP contribution in [0.5, 0.6) is 0 Å². The molecule has 0 unspecified atom stereocenters. The summed E-state index contributed by atoms with van der Waals surface area (Å²) in [5.41, 5.74) is -0.627. The van der Waals surface area contributed by atoms with Gasteiger partial charge in [-0.25, -0.2) is 5.11 Å². The largest absolute Gasteiger partial charge is 0.229 e. The predicted molar refractivity (Wildman–Crippen MR) is 139 cm³/mol. The third-order valence-electron chi connectivity index (χ3n) is 9.73. The molecule has 0 spiro atoms. The molecule has 32 heavy (non-hydrogen) atoms. The third-order valence-corrected chi connectivity index (χ3v) is 9.73. The van der Waals surface area contributed by atoms with E-state index >= 15 is 5.11 Å². The summed E-state index contributed by atoms with van der Waals surface area (Å²) in [6, 6.07) is 0. The van der Waals surface area contributed by atoms with Crippen LogP contribution in [0, 0.1) is 17.8 Å². The molecule has 0 aromatic heterocycles. The zero-order valence-corrected chi connectivity index (χ0v) is 21.7. The summed E-state index contributed by atoms with van der Waals surface area (Å²) in [5.74, 6) is 1.38. The minimum atomic E-state index is -0.627. The Morgan fingerprint density at radius 1 is 0.281 bits per heavy atom. The monoisotopic (exact) mass is 445 g/mol. The molecule has 3 saturated carbocycles. The van der Waals surface area contributed by atoms with Crippen molar-refractivity contribution in [2.24, 2.45) is 17.8 Å². The summed E-state index contributed by atoms with van der Waals surface area (Å²) in [7, 11) is 0. The van der Waals surface area contributed by atoms with Crippen LogP contribution in [0.2, 0.25) is 0 Å². The van der Waals surface area contributed by atoms with Crippen molar-refractivity contribution >= 4 is 0 Å². The van der Waals surface area contributed by atoms with Gasteiger partial charge < -0.3 is 0 Å². The average molecular weight is 446 g/mol. The van der Waals surface area contributed by atoms with Gasteiger partial charge in [0, 0.05) is 0 Å². The van der Waals surface area contributed by atoms with Crippen molar-refractivity contribution in [1.82, 2.24) is 0 Å². The van der Waals surface area contributed by atoms with Gasteiger partial charge in [-0.2, -0.15) is 0 Å². The van der Waals surface area contributed by atoms with Gasteiger partial charge in [0.15, 0.2) is 0 Å². The van der Waals surface area contributed by atoms with Gasteiger partial charge in [-0.15, -0.1) is 0 Å². The van der Waals surface area contributed by atoms with Crippen molar-refractivity contribution < 1.29 is 5.11 Å². The van der Waals surface area contributed by atoms with Gasteiger partial charge in [-0.05, 0) is 56.3 Å². The van der Waals surface area contributed by atoms with Crippen LogP contribution < -0.4 is 0 Å². The van der Waals surface area contributed by atoms with E-state index in [4.69, 9.17) is 0 Å². The first-order valence-electron chi connectivity index (χ1n) is 15.5. The van der Waals surface area contributed by atoms with Crippen molar-refractivity contribution in [2.75, 3.05) is 0 Å². The van der Waals surface area contributed by atoms with E-state index in [1.54, 1.807) is 0 Å². The smallest absolute Gasteiger partial charge is 0.112 e. The molecule has 1 nitrogen and oxygen atoms in total. The van der Waals surface area contributed by atoms with E-state index in [2.05, 4.69) is 0 Å². The Morgan fingerprint density at radius 3 is 0.625 bits per heavy atom. The SMILES string of the molecule is [O]C(C1CCCCCCCCC1)(C1CCCCCCCCC1)C1CCCCCCCCC1. The van der Waals surface area contributed by atoms with Crippen LogP contribution in [0.3, 0.4) is 0 Å². The van der Waals surface area contributed by atoms with Gasteiger partial charge in [0.2, 0.25) is 0 Å². The molecule has 1 radical (unpaired) electrons. The van der Waals surface area contributed by atoms with E-state index in [-0.39, 0.29) is 0 Å². The molecule has 0 aromatic rings. The fourth-order valence-corrected chi connectivity index (χ4v) is 7.78. The minimum absolute atomic E-state index is 0.460. The highest BCUT2D eigenvalue weighted by molar-refractivity contribution is 4.98. The topological polar surface area (TPSA) is 19.9 Å². The third kappa shape index (κ3) is 8.63. The number of rotatable bonds is 3. The Morgan fingerprint density at radius 2 is 0.438 bits per heavy atom. The molecule has 3 aliphatic carbocycles. The number of hydrogen-bond acceptors (Lipinski definition) is 0. The maximum absolute atomic E-state index is 15.6. The normalized spacial score (nSPS) is 26.9. The highest BCUT2D eigenvalue weighted by Crippen LogP contribution is 2.48. The second-order valence-corrected chi connectivity index (χ2v) is 12.1. The second-order valence-electron chi connectivity index (χ2n) is 12.1. The molecule has 0 heterocycles. The summed E-state index contributed by atoms with van der Waals surface area (Å²) in [5, 5.41) is 15.6. The van der Waals surface area contributed by atoms with Gasteiger partial charge in [-0.3, -0.25) is 0 Å². The Labute approximate surface area is 201 Å². The van der Waals surface area contributed by atoms with Gasteiger partial charge in [0.1, 0.15) is 5.60 Å². The van der Waals surface area contributed by atoms with Crippen LogP contribution in [0.1, 0.15) is 173 Å². The maximum atomic E-state index is 15.6. The minimum Gasteiger partial charge on any atom is -0.229 e. The van der Waals surface area contributed by atoms with E-state index in [1.165, 1.54) is 173 Å². The van der Waals surface area contributed by atoms with Crippen LogP contribution in [0.15, 0.2) is 0 Å². The van der Waals surface area contributed by atoms with E-state index in [0.29, 0.717) is 17.8 Å². The van der Waals surface area contributed by atoms with Gasteiger partial charge in [0.05, 0.1) is 0 Å². The van der Waals surface area contributed by atoms with Crippen LogP contribution >= 0.6 is 0 Å². The molecule has 0 amide bonds. The van der Waals surface area contributed by atoms with Crippen LogP contribution in [0.25, 0.3) is 0 Å². The zero-order valence-electron chi connectivity index (χ0n) is 21.7. The van der Waals surface area contributed by atoms with Crippen molar-refractivity contribution in [3.63, 3.8) is 0 Å². The highest BCUT2D eigenvalue weighted by atomic mass is 16.3. The summed E-state index contributed by atoms with van der Waals surface area (Å²) in [6.45, 7) is 0. The molecular formula is C31H57O. The Bertz CT molecular complexity index is 363. The molecule has 0 N–H and O–H groups in total. The quantitative estimate of drug-likeness (QED) is 0.411. The molecule has 187 valence electrons. The highest BCUT2D eigenvalue weighted by Gasteiger charge is 2.49. The van der Waals surface area contributed by atoms with Crippen molar-refractivity contribution in [1.29, 1.82) is 0 Å². The second kappa shape index (κ2) is 15.8. The van der Waals surface area contributed by atoms with Crippen molar-refractivity contribution in [3.05, 3.63) is 0 Å². The predicted octanol–water partition coefficient (Wildman–Crippen LogP) is 10.6. The Kier molecular flexibility index (Phi) is 13.1. The first-order chi connectivity index (χ1) is 15.8. The lowest BCUT2D eigenvalue weighted by Crippen LogP contribution is -2.50. The van der Waals surface area contributed by atoms with Crippen molar-refractivity contribution in [3.8, 4) is 0 Å². The molecule has 1 heteroatoms. The van der Waals surface area contributed by atoms with Crippen molar-refractivity contribution in [2.45, 2.75) is 179 Å². The molecule has 0 bridgehead atoms.